The third-order valence-electron chi connectivity index (χ3n) is 9.11. The average molecular weight is 710 g/mol. The van der Waals surface area contributed by atoms with Crippen LogP contribution in [0.2, 0.25) is 5.02 Å². The zero-order valence-corrected chi connectivity index (χ0v) is 28.0. The first kappa shape index (κ1) is 33.0. The van der Waals surface area contributed by atoms with Crippen molar-refractivity contribution in [2.75, 3.05) is 69.3 Å². The number of amidine groups is 1. The van der Waals surface area contributed by atoms with Crippen molar-refractivity contribution in [1.82, 2.24) is 20.1 Å². The number of methoxy groups -OCH3 is 1. The Morgan fingerprint density at radius 2 is 1.92 bits per heavy atom. The number of piperazine rings is 1. The molecule has 0 saturated carbocycles. The van der Waals surface area contributed by atoms with Gasteiger partial charge in [0.1, 0.15) is 11.9 Å². The van der Waals surface area contributed by atoms with Gasteiger partial charge in [0.2, 0.25) is 0 Å². The summed E-state index contributed by atoms with van der Waals surface area (Å²) in [6, 6.07) is 10.5. The fraction of sp³-hybridized carbons (Fsp3) is 0.364. The van der Waals surface area contributed by atoms with Crippen molar-refractivity contribution in [2.45, 2.75) is 18.2 Å². The van der Waals surface area contributed by atoms with E-state index in [9.17, 15) is 23.9 Å². The number of hydrogen-bond donors (Lipinski definition) is 2. The van der Waals surface area contributed by atoms with Gasteiger partial charge in [-0.1, -0.05) is 17.7 Å². The molecular formula is C33H33ClFN7O6S. The van der Waals surface area contributed by atoms with Crippen LogP contribution in [0.3, 0.4) is 0 Å². The second-order valence-electron chi connectivity index (χ2n) is 12.0. The van der Waals surface area contributed by atoms with Gasteiger partial charge in [0.25, 0.3) is 0 Å². The van der Waals surface area contributed by atoms with Crippen LogP contribution in [0, 0.1) is 5.82 Å². The van der Waals surface area contributed by atoms with E-state index >= 15 is 0 Å². The van der Waals surface area contributed by atoms with E-state index in [2.05, 4.69) is 15.2 Å². The number of aromatic nitrogens is 1. The number of urea groups is 1. The van der Waals surface area contributed by atoms with Crippen molar-refractivity contribution in [2.24, 2.45) is 4.99 Å². The van der Waals surface area contributed by atoms with Gasteiger partial charge in [0.15, 0.2) is 16.9 Å². The Labute approximate surface area is 290 Å². The Bertz CT molecular complexity index is 1820. The highest BCUT2D eigenvalue weighted by molar-refractivity contribution is 7.11. The Morgan fingerprint density at radius 3 is 2.63 bits per heavy atom. The first-order valence-electron chi connectivity index (χ1n) is 15.7. The lowest BCUT2D eigenvalue weighted by molar-refractivity contribution is -0.150. The minimum Gasteiger partial charge on any atom is -0.479 e. The van der Waals surface area contributed by atoms with Crippen molar-refractivity contribution in [3.8, 4) is 0 Å². The quantitative estimate of drug-likeness (QED) is 0.335. The number of anilines is 2. The predicted octanol–water partition coefficient (Wildman–Crippen LogP) is 3.37. The monoisotopic (exact) mass is 709 g/mol. The summed E-state index contributed by atoms with van der Waals surface area (Å²) in [5, 5.41) is 15.3. The molecule has 2 N–H and O–H groups in total. The third kappa shape index (κ3) is 6.58. The molecule has 2 amide bonds. The Morgan fingerprint density at radius 1 is 1.12 bits per heavy atom. The lowest BCUT2D eigenvalue weighted by Crippen LogP contribution is -2.53. The lowest BCUT2D eigenvalue weighted by atomic mass is 9.95. The van der Waals surface area contributed by atoms with E-state index in [4.69, 9.17) is 26.1 Å². The van der Waals surface area contributed by atoms with Crippen LogP contribution in [0.25, 0.3) is 0 Å². The fourth-order valence-corrected chi connectivity index (χ4v) is 7.56. The number of halogens is 2. The number of esters is 1. The molecule has 5 heterocycles. The zero-order valence-electron chi connectivity index (χ0n) is 26.4. The molecule has 1 aromatic heterocycles. The predicted molar refractivity (Wildman–Crippen MR) is 181 cm³/mol. The number of carboxylic acid groups (broad SMARTS) is 1. The number of morpholine rings is 1. The van der Waals surface area contributed by atoms with E-state index < -0.39 is 29.9 Å². The Kier molecular flexibility index (Phi) is 9.24. The van der Waals surface area contributed by atoms with E-state index in [1.807, 2.05) is 39.4 Å². The lowest BCUT2D eigenvalue weighted by Gasteiger charge is -2.38. The van der Waals surface area contributed by atoms with Crippen molar-refractivity contribution in [3.63, 3.8) is 0 Å². The number of amides is 2. The summed E-state index contributed by atoms with van der Waals surface area (Å²) in [5.41, 5.74) is 2.91. The van der Waals surface area contributed by atoms with Crippen LogP contribution in [0.5, 0.6) is 0 Å². The normalized spacial score (nSPS) is 22.9. The number of thiazole rings is 1. The van der Waals surface area contributed by atoms with Gasteiger partial charge >= 0.3 is 18.0 Å². The Hall–Kier alpha value is -4.57. The van der Waals surface area contributed by atoms with Crippen molar-refractivity contribution < 1.29 is 33.4 Å². The molecule has 4 aliphatic heterocycles. The molecule has 3 aromatic rings. The molecule has 3 fully saturated rings. The van der Waals surface area contributed by atoms with Gasteiger partial charge in [0, 0.05) is 78.5 Å². The maximum atomic E-state index is 14.0. The number of ether oxygens (including phenoxy) is 2. The number of aliphatic carboxylic acids is 1. The van der Waals surface area contributed by atoms with Crippen molar-refractivity contribution in [3.05, 3.63) is 86.7 Å². The fourth-order valence-electron chi connectivity index (χ4n) is 6.70. The second kappa shape index (κ2) is 13.7. The molecule has 49 heavy (non-hydrogen) atoms. The molecule has 3 saturated heterocycles. The number of carbonyl (C=O) groups is 3. The summed E-state index contributed by atoms with van der Waals surface area (Å²) in [6.45, 7) is 3.56. The van der Waals surface area contributed by atoms with Crippen LogP contribution in [0.4, 0.5) is 20.6 Å². The maximum Gasteiger partial charge on any atom is 0.338 e. The molecule has 2 aromatic carbocycles. The third-order valence-corrected chi connectivity index (χ3v) is 10.2. The Balaban J connectivity index is 1.10. The molecule has 13 nitrogen and oxygen atoms in total. The minimum atomic E-state index is -0.989. The molecule has 0 spiro atoms. The SMILES string of the molecule is COC(=O)C1=C(CN2CCN3C(=O)N(c4ccc(N5CCOC(C(=O)O)C5)cc4)CC3C2)NC(c2nccs2)=NC1c1ccc(F)cc1Cl. The van der Waals surface area contributed by atoms with Gasteiger partial charge < -0.3 is 29.7 Å². The standard InChI is InChI=1S/C33H33ClFN7O6S/c1-47-32(45)27-25(37-29(30-36-8-13-49-30)38-28(27)23-7-2-19(35)14-24(23)34)17-39-9-10-41-22(15-39)16-42(33(41)46)21-5-3-20(4-6-21)40-11-12-48-26(18-40)31(43)44/h2-8,13-14,22,26,28H,9-12,15-18H2,1H3,(H,37,38)(H,43,44). The summed E-state index contributed by atoms with van der Waals surface area (Å²) in [5.74, 6) is -1.62. The van der Waals surface area contributed by atoms with Crippen LogP contribution < -0.4 is 15.1 Å². The highest BCUT2D eigenvalue weighted by atomic mass is 35.5. The number of nitrogens with one attached hydrogen (secondary N) is 1. The van der Waals surface area contributed by atoms with E-state index in [1.54, 1.807) is 11.1 Å². The topological polar surface area (TPSA) is 140 Å². The van der Waals surface area contributed by atoms with Crippen molar-refractivity contribution >= 4 is 58.1 Å². The number of rotatable bonds is 8. The van der Waals surface area contributed by atoms with Gasteiger partial charge in [-0.05, 0) is 36.4 Å². The number of benzene rings is 2. The number of hydrogen-bond acceptors (Lipinski definition) is 11. The molecule has 256 valence electrons. The highest BCUT2D eigenvalue weighted by Gasteiger charge is 2.42. The van der Waals surface area contributed by atoms with Crippen LogP contribution in [0.1, 0.15) is 16.6 Å². The second-order valence-corrected chi connectivity index (χ2v) is 13.3. The van der Waals surface area contributed by atoms with E-state index in [0.29, 0.717) is 68.0 Å². The van der Waals surface area contributed by atoms with Crippen LogP contribution in [0.15, 0.2) is 70.3 Å². The van der Waals surface area contributed by atoms with E-state index in [1.165, 1.54) is 36.6 Å². The van der Waals surface area contributed by atoms with Gasteiger partial charge in [-0.15, -0.1) is 11.3 Å². The summed E-state index contributed by atoms with van der Waals surface area (Å²) in [7, 11) is 1.30. The molecule has 0 radical (unpaired) electrons. The van der Waals surface area contributed by atoms with Crippen molar-refractivity contribution in [1.29, 1.82) is 0 Å². The average Bonchev–Trinajstić information content (AvgIpc) is 3.76. The summed E-state index contributed by atoms with van der Waals surface area (Å²) < 4.78 is 24.6. The van der Waals surface area contributed by atoms with Crippen LogP contribution in [-0.2, 0) is 19.1 Å². The zero-order chi connectivity index (χ0) is 34.2. The van der Waals surface area contributed by atoms with E-state index in [-0.39, 0.29) is 29.2 Å². The molecule has 0 aliphatic carbocycles. The largest absolute Gasteiger partial charge is 0.479 e. The smallest absolute Gasteiger partial charge is 0.338 e. The summed E-state index contributed by atoms with van der Waals surface area (Å²) >= 11 is 7.88. The van der Waals surface area contributed by atoms with E-state index in [0.717, 1.165) is 11.4 Å². The number of nitrogens with zero attached hydrogens (tertiary/aromatic N) is 6. The minimum absolute atomic E-state index is 0.0795. The molecular weight excluding hydrogens is 677 g/mol. The number of carboxylic acids is 1. The molecule has 7 rings (SSSR count). The molecule has 0 bridgehead atoms. The molecule has 4 aliphatic rings. The number of fused-ring (bicyclic) bond motifs is 1. The molecule has 3 atom stereocenters. The van der Waals surface area contributed by atoms with Gasteiger partial charge in [0.05, 0.1) is 31.9 Å². The number of aliphatic imine (C=N–C) groups is 1. The van der Waals surface area contributed by atoms with Gasteiger partial charge in [-0.2, -0.15) is 0 Å². The first-order chi connectivity index (χ1) is 23.7. The summed E-state index contributed by atoms with van der Waals surface area (Å²) in [4.78, 5) is 55.3. The van der Waals surface area contributed by atoms with Gasteiger partial charge in [-0.3, -0.25) is 14.8 Å². The van der Waals surface area contributed by atoms with Crippen LogP contribution in [-0.4, -0.2) is 115 Å². The van der Waals surface area contributed by atoms with Gasteiger partial charge in [-0.25, -0.2) is 23.8 Å². The molecule has 16 heteroatoms. The first-order valence-corrected chi connectivity index (χ1v) is 17.0. The summed E-state index contributed by atoms with van der Waals surface area (Å²) in [6.07, 6.45) is 0.782. The highest BCUT2D eigenvalue weighted by Crippen LogP contribution is 2.37. The maximum absolute atomic E-state index is 14.0. The van der Waals surface area contributed by atoms with Crippen LogP contribution >= 0.6 is 22.9 Å². The molecule has 3 unspecified atom stereocenters. The number of carbonyl (C=O) groups excluding carboxylic acids is 2.